The second kappa shape index (κ2) is 8.26. The van der Waals surface area contributed by atoms with Crippen LogP contribution in [0.5, 0.6) is 0 Å². The number of Topliss-reactive ketones (excluding diaryl/α,β-unsaturated/α-hetero) is 1. The maximum absolute atomic E-state index is 12.2. The number of benzene rings is 1. The van der Waals surface area contributed by atoms with Gasteiger partial charge in [0.05, 0.1) is 4.92 Å². The number of nitrogens with one attached hydrogen (secondary N) is 1. The van der Waals surface area contributed by atoms with Gasteiger partial charge in [0.1, 0.15) is 6.54 Å². The number of ketones is 1. The number of ether oxygens (including phenoxy) is 1. The van der Waals surface area contributed by atoms with E-state index in [1.165, 1.54) is 18.2 Å². The Morgan fingerprint density at radius 3 is 2.52 bits per heavy atom. The monoisotopic (exact) mass is 373 g/mol. The molecular formula is C18H19N3O6. The summed E-state index contributed by atoms with van der Waals surface area (Å²) in [6.45, 7) is 2.76. The van der Waals surface area contributed by atoms with Crippen molar-refractivity contribution in [1.29, 1.82) is 0 Å². The number of nitro groups is 1. The maximum atomic E-state index is 12.2. The van der Waals surface area contributed by atoms with Crippen molar-refractivity contribution in [2.75, 3.05) is 13.2 Å². The molecule has 1 aromatic carbocycles. The molecule has 0 aliphatic rings. The summed E-state index contributed by atoms with van der Waals surface area (Å²) < 4.78 is 6.75. The Morgan fingerprint density at radius 1 is 1.22 bits per heavy atom. The lowest BCUT2D eigenvalue weighted by molar-refractivity contribution is -0.384. The number of rotatable bonds is 7. The highest BCUT2D eigenvalue weighted by atomic mass is 16.6. The van der Waals surface area contributed by atoms with Crippen molar-refractivity contribution in [3.63, 3.8) is 0 Å². The van der Waals surface area contributed by atoms with Crippen LogP contribution < -0.4 is 5.32 Å². The lowest BCUT2D eigenvalue weighted by Gasteiger charge is -2.06. The highest BCUT2D eigenvalue weighted by Gasteiger charge is 2.17. The number of nitrogens with zero attached hydrogens (tertiary/aromatic N) is 2. The summed E-state index contributed by atoms with van der Waals surface area (Å²) >= 11 is 0. The molecule has 2 rings (SSSR count). The number of nitro benzene ring substituents is 1. The number of esters is 1. The van der Waals surface area contributed by atoms with Crippen LogP contribution >= 0.6 is 0 Å². The number of non-ortho nitro benzene ring substituents is 1. The quantitative estimate of drug-likeness (QED) is 0.341. The molecule has 0 radical (unpaired) electrons. The van der Waals surface area contributed by atoms with Crippen LogP contribution in [0, 0.1) is 24.0 Å². The molecule has 0 saturated carbocycles. The first kappa shape index (κ1) is 19.8. The molecule has 0 unspecified atom stereocenters. The van der Waals surface area contributed by atoms with E-state index in [0.29, 0.717) is 5.56 Å². The molecule has 1 aromatic heterocycles. The molecule has 9 nitrogen and oxygen atoms in total. The van der Waals surface area contributed by atoms with Gasteiger partial charge in [0.2, 0.25) is 5.78 Å². The molecule has 0 fully saturated rings. The van der Waals surface area contributed by atoms with Crippen LogP contribution in [-0.2, 0) is 16.6 Å². The number of hydrogen-bond donors (Lipinski definition) is 1. The van der Waals surface area contributed by atoms with Gasteiger partial charge in [-0.3, -0.25) is 24.5 Å². The summed E-state index contributed by atoms with van der Waals surface area (Å²) in [7, 11) is 1.83. The van der Waals surface area contributed by atoms with Crippen molar-refractivity contribution in [2.45, 2.75) is 13.8 Å². The number of aryl methyl sites for hydroxylation is 1. The predicted octanol–water partition coefficient (Wildman–Crippen LogP) is 1.71. The summed E-state index contributed by atoms with van der Waals surface area (Å²) in [5.74, 6) is -1.78. The molecule has 9 heteroatoms. The molecule has 0 aliphatic carbocycles. The fraction of sp³-hybridized carbons (Fsp3) is 0.278. The Bertz CT molecular complexity index is 916. The van der Waals surface area contributed by atoms with Gasteiger partial charge in [0.15, 0.2) is 6.61 Å². The van der Waals surface area contributed by atoms with Gasteiger partial charge < -0.3 is 14.6 Å². The zero-order valence-electron chi connectivity index (χ0n) is 15.1. The maximum Gasteiger partial charge on any atom is 0.325 e. The highest BCUT2D eigenvalue weighted by Crippen LogP contribution is 2.14. The Kier molecular flexibility index (Phi) is 6.07. The lowest BCUT2D eigenvalue weighted by atomic mass is 10.1. The largest absolute Gasteiger partial charge is 0.456 e. The summed E-state index contributed by atoms with van der Waals surface area (Å²) in [5.41, 5.74) is 1.97. The predicted molar refractivity (Wildman–Crippen MR) is 95.6 cm³/mol. The van der Waals surface area contributed by atoms with Crippen LogP contribution in [0.25, 0.3) is 0 Å². The van der Waals surface area contributed by atoms with E-state index in [1.807, 2.05) is 18.5 Å². The first-order chi connectivity index (χ1) is 12.7. The Labute approximate surface area is 155 Å². The minimum absolute atomic E-state index is 0.0449. The molecule has 0 saturated heterocycles. The molecule has 142 valence electrons. The van der Waals surface area contributed by atoms with Gasteiger partial charge in [-0.1, -0.05) is 6.07 Å². The Morgan fingerprint density at radius 2 is 1.93 bits per heavy atom. The molecule has 0 bridgehead atoms. The summed E-state index contributed by atoms with van der Waals surface area (Å²) in [6.07, 6.45) is 0. The molecule has 0 spiro atoms. The van der Waals surface area contributed by atoms with E-state index in [0.717, 1.165) is 17.5 Å². The average molecular weight is 373 g/mol. The number of aromatic nitrogens is 1. The fourth-order valence-corrected chi connectivity index (χ4v) is 2.43. The van der Waals surface area contributed by atoms with Crippen LogP contribution in [0.2, 0.25) is 0 Å². The van der Waals surface area contributed by atoms with Gasteiger partial charge in [0.25, 0.3) is 11.6 Å². The van der Waals surface area contributed by atoms with E-state index in [4.69, 9.17) is 4.74 Å². The normalized spacial score (nSPS) is 10.3. The van der Waals surface area contributed by atoms with Crippen molar-refractivity contribution in [3.05, 3.63) is 63.0 Å². The first-order valence-electron chi connectivity index (χ1n) is 8.05. The minimum Gasteiger partial charge on any atom is -0.456 e. The van der Waals surface area contributed by atoms with Crippen LogP contribution in [0.3, 0.4) is 0 Å². The van der Waals surface area contributed by atoms with Crippen LogP contribution in [0.15, 0.2) is 30.3 Å². The molecule has 0 atom stereocenters. The minimum atomic E-state index is -0.785. The van der Waals surface area contributed by atoms with E-state index < -0.39 is 30.0 Å². The van der Waals surface area contributed by atoms with Crippen LogP contribution in [0.4, 0.5) is 5.69 Å². The van der Waals surface area contributed by atoms with Gasteiger partial charge in [0, 0.05) is 41.7 Å². The number of carbonyl (C=O) groups excluding carboxylic acids is 3. The third-order valence-electron chi connectivity index (χ3n) is 4.15. The summed E-state index contributed by atoms with van der Waals surface area (Å²) in [5, 5.41) is 13.0. The molecule has 0 aliphatic heterocycles. The second-order valence-corrected chi connectivity index (χ2v) is 5.92. The van der Waals surface area contributed by atoms with Crippen LogP contribution in [0.1, 0.15) is 32.1 Å². The lowest BCUT2D eigenvalue weighted by Crippen LogP contribution is -2.31. The van der Waals surface area contributed by atoms with Gasteiger partial charge in [-0.25, -0.2) is 0 Å². The van der Waals surface area contributed by atoms with Crippen molar-refractivity contribution in [2.24, 2.45) is 7.05 Å². The van der Waals surface area contributed by atoms with Gasteiger partial charge >= 0.3 is 5.97 Å². The van der Waals surface area contributed by atoms with E-state index >= 15 is 0 Å². The molecular weight excluding hydrogens is 354 g/mol. The van der Waals surface area contributed by atoms with Gasteiger partial charge in [-0.15, -0.1) is 0 Å². The number of carbonyl (C=O) groups is 3. The van der Waals surface area contributed by atoms with Gasteiger partial charge in [-0.2, -0.15) is 0 Å². The van der Waals surface area contributed by atoms with E-state index in [2.05, 4.69) is 5.32 Å². The van der Waals surface area contributed by atoms with Crippen molar-refractivity contribution >= 4 is 23.3 Å². The average Bonchev–Trinajstić information content (AvgIpc) is 2.91. The van der Waals surface area contributed by atoms with Crippen LogP contribution in [-0.4, -0.2) is 40.3 Å². The number of hydrogen-bond acceptors (Lipinski definition) is 6. The van der Waals surface area contributed by atoms with E-state index in [1.54, 1.807) is 13.0 Å². The zero-order valence-corrected chi connectivity index (χ0v) is 15.1. The van der Waals surface area contributed by atoms with Crippen molar-refractivity contribution in [1.82, 2.24) is 9.88 Å². The third-order valence-corrected chi connectivity index (χ3v) is 4.15. The molecule has 1 N–H and O–H groups in total. The highest BCUT2D eigenvalue weighted by molar-refractivity contribution is 6.00. The van der Waals surface area contributed by atoms with E-state index in [-0.39, 0.29) is 17.0 Å². The Hall–Kier alpha value is -3.49. The van der Waals surface area contributed by atoms with Crippen molar-refractivity contribution in [3.8, 4) is 0 Å². The third kappa shape index (κ3) is 4.78. The summed E-state index contributed by atoms with van der Waals surface area (Å²) in [6, 6.07) is 6.83. The van der Waals surface area contributed by atoms with Crippen molar-refractivity contribution < 1.29 is 24.0 Å². The SMILES string of the molecule is Cc1cc(C(=O)COC(=O)CNC(=O)c2cccc([N+](=O)[O-])c2)c(C)n1C. The molecule has 2 aromatic rings. The molecule has 1 amide bonds. The molecule has 1 heterocycles. The van der Waals surface area contributed by atoms with E-state index in [9.17, 15) is 24.5 Å². The summed E-state index contributed by atoms with van der Waals surface area (Å²) in [4.78, 5) is 46.0. The molecule has 27 heavy (non-hydrogen) atoms. The Balaban J connectivity index is 1.86. The smallest absolute Gasteiger partial charge is 0.325 e. The fourth-order valence-electron chi connectivity index (χ4n) is 2.43. The second-order valence-electron chi connectivity index (χ2n) is 5.92. The standard InChI is InChI=1S/C18H19N3O6/c1-11-7-15(12(2)20(11)3)16(22)10-27-17(23)9-19-18(24)13-5-4-6-14(8-13)21(25)26/h4-8H,9-10H2,1-3H3,(H,19,24). The van der Waals surface area contributed by atoms with Gasteiger partial charge in [-0.05, 0) is 26.0 Å². The number of amides is 1. The zero-order chi connectivity index (χ0) is 20.1. The topological polar surface area (TPSA) is 121 Å². The first-order valence-corrected chi connectivity index (χ1v) is 8.05.